The number of anilines is 2. The lowest BCUT2D eigenvalue weighted by atomic mass is 10.0. The van der Waals surface area contributed by atoms with Gasteiger partial charge in [-0.25, -0.2) is 8.42 Å². The van der Waals surface area contributed by atoms with Crippen LogP contribution < -0.4 is 10.2 Å². The van der Waals surface area contributed by atoms with Gasteiger partial charge in [0.1, 0.15) is 0 Å². The van der Waals surface area contributed by atoms with Crippen LogP contribution in [0.3, 0.4) is 0 Å². The molecule has 2 aromatic carbocycles. The number of carbonyl (C=O) groups is 1. The third-order valence-corrected chi connectivity index (χ3v) is 8.28. The van der Waals surface area contributed by atoms with Crippen molar-refractivity contribution in [3.63, 3.8) is 0 Å². The van der Waals surface area contributed by atoms with E-state index in [2.05, 4.69) is 17.1 Å². The molecule has 2 fully saturated rings. The van der Waals surface area contributed by atoms with Gasteiger partial charge in [-0.05, 0) is 55.2 Å². The Kier molecular flexibility index (Phi) is 7.05. The van der Waals surface area contributed by atoms with Crippen molar-refractivity contribution < 1.29 is 17.9 Å². The Hall–Kier alpha value is -2.13. The first-order valence-corrected chi connectivity index (χ1v) is 12.7. The molecule has 2 aliphatic heterocycles. The number of benzene rings is 2. The van der Waals surface area contributed by atoms with Crippen LogP contribution in [-0.2, 0) is 14.8 Å². The summed E-state index contributed by atoms with van der Waals surface area (Å²) >= 11 is 6.44. The van der Waals surface area contributed by atoms with Crippen molar-refractivity contribution in [2.45, 2.75) is 24.7 Å². The van der Waals surface area contributed by atoms with E-state index in [1.807, 2.05) is 6.07 Å². The molecule has 1 amide bonds. The second-order valence-electron chi connectivity index (χ2n) is 8.30. The van der Waals surface area contributed by atoms with Gasteiger partial charge in [-0.3, -0.25) is 4.79 Å². The van der Waals surface area contributed by atoms with Crippen LogP contribution in [0.15, 0.2) is 47.4 Å². The molecule has 4 rings (SSSR count). The largest absolute Gasteiger partial charge is 0.378 e. The van der Waals surface area contributed by atoms with Gasteiger partial charge in [0.05, 0.1) is 34.5 Å². The second-order valence-corrected chi connectivity index (χ2v) is 10.6. The summed E-state index contributed by atoms with van der Waals surface area (Å²) in [5.41, 5.74) is 1.76. The summed E-state index contributed by atoms with van der Waals surface area (Å²) in [6, 6.07) is 11.5. The molecule has 0 saturated carbocycles. The lowest BCUT2D eigenvalue weighted by Gasteiger charge is -2.31. The van der Waals surface area contributed by atoms with Gasteiger partial charge in [0.2, 0.25) is 10.0 Å². The maximum Gasteiger partial charge on any atom is 0.255 e. The minimum atomic E-state index is -3.55. The first kappa shape index (κ1) is 23.0. The summed E-state index contributed by atoms with van der Waals surface area (Å²) in [5, 5.41) is 3.48. The average Bonchev–Trinajstić information content (AvgIpc) is 2.80. The average molecular weight is 478 g/mol. The van der Waals surface area contributed by atoms with E-state index in [9.17, 15) is 13.2 Å². The van der Waals surface area contributed by atoms with E-state index in [1.54, 1.807) is 24.3 Å². The van der Waals surface area contributed by atoms with Crippen LogP contribution in [0.5, 0.6) is 0 Å². The van der Waals surface area contributed by atoms with Crippen molar-refractivity contribution in [1.29, 1.82) is 0 Å². The summed E-state index contributed by atoms with van der Waals surface area (Å²) in [7, 11) is -3.55. The Bertz CT molecular complexity index is 1060. The highest BCUT2D eigenvalue weighted by Crippen LogP contribution is 2.35. The van der Waals surface area contributed by atoms with Crippen molar-refractivity contribution in [1.82, 2.24) is 4.31 Å². The Morgan fingerprint density at radius 2 is 1.69 bits per heavy atom. The SMILES string of the molecule is CC1CCN(S(=O)(=O)c2ccc(C(=O)Nc3cccc(Cl)c3N3CCOCC3)cc2)CC1. The normalized spacial score (nSPS) is 18.5. The van der Waals surface area contributed by atoms with E-state index in [0.29, 0.717) is 61.6 Å². The van der Waals surface area contributed by atoms with Gasteiger partial charge in [-0.1, -0.05) is 24.6 Å². The molecule has 1 N–H and O–H groups in total. The highest BCUT2D eigenvalue weighted by atomic mass is 35.5. The predicted octanol–water partition coefficient (Wildman–Crippen LogP) is 3.85. The predicted molar refractivity (Wildman–Crippen MR) is 126 cm³/mol. The van der Waals surface area contributed by atoms with E-state index in [0.717, 1.165) is 18.5 Å². The second kappa shape index (κ2) is 9.79. The van der Waals surface area contributed by atoms with Crippen molar-refractivity contribution in [3.8, 4) is 0 Å². The summed E-state index contributed by atoms with van der Waals surface area (Å²) in [6.07, 6.45) is 1.73. The van der Waals surface area contributed by atoms with Crippen molar-refractivity contribution in [2.75, 3.05) is 49.6 Å². The number of hydrogen-bond acceptors (Lipinski definition) is 5. The molecule has 2 aliphatic rings. The number of ether oxygens (including phenoxy) is 1. The zero-order chi connectivity index (χ0) is 22.7. The molecule has 0 atom stereocenters. The number of rotatable bonds is 5. The van der Waals surface area contributed by atoms with Crippen LogP contribution in [0.4, 0.5) is 11.4 Å². The van der Waals surface area contributed by atoms with Crippen molar-refractivity contribution in [2.24, 2.45) is 5.92 Å². The van der Waals surface area contributed by atoms with Gasteiger partial charge in [0, 0.05) is 31.7 Å². The van der Waals surface area contributed by atoms with Crippen LogP contribution in [-0.4, -0.2) is 58.0 Å². The molecule has 2 saturated heterocycles. The smallest absolute Gasteiger partial charge is 0.255 e. The molecule has 0 radical (unpaired) electrons. The molecule has 0 bridgehead atoms. The molecule has 0 unspecified atom stereocenters. The molecular weight excluding hydrogens is 450 g/mol. The molecule has 32 heavy (non-hydrogen) atoms. The Morgan fingerprint density at radius 3 is 2.34 bits per heavy atom. The summed E-state index contributed by atoms with van der Waals surface area (Å²) in [4.78, 5) is 15.2. The lowest BCUT2D eigenvalue weighted by Crippen LogP contribution is -2.37. The third-order valence-electron chi connectivity index (χ3n) is 6.06. The maximum absolute atomic E-state index is 12.9. The number of nitrogens with zero attached hydrogens (tertiary/aromatic N) is 2. The maximum atomic E-state index is 12.9. The minimum absolute atomic E-state index is 0.209. The van der Waals surface area contributed by atoms with Crippen molar-refractivity contribution in [3.05, 3.63) is 53.1 Å². The highest BCUT2D eigenvalue weighted by Gasteiger charge is 2.28. The minimum Gasteiger partial charge on any atom is -0.378 e. The van der Waals surface area contributed by atoms with Gasteiger partial charge in [-0.15, -0.1) is 0 Å². The first-order valence-electron chi connectivity index (χ1n) is 10.9. The molecule has 9 heteroatoms. The number of morpholine rings is 1. The number of piperidine rings is 1. The number of hydrogen-bond donors (Lipinski definition) is 1. The standard InChI is InChI=1S/C23H28ClN3O4S/c1-17-9-11-27(12-10-17)32(29,30)19-7-5-18(6-8-19)23(28)25-21-4-2-3-20(24)22(21)26-13-15-31-16-14-26/h2-8,17H,9-16H2,1H3,(H,25,28). The number of sulfonamides is 1. The fraction of sp³-hybridized carbons (Fsp3) is 0.435. The highest BCUT2D eigenvalue weighted by molar-refractivity contribution is 7.89. The monoisotopic (exact) mass is 477 g/mol. The number of nitrogens with one attached hydrogen (secondary N) is 1. The van der Waals surface area contributed by atoms with Crippen LogP contribution >= 0.6 is 11.6 Å². The van der Waals surface area contributed by atoms with E-state index < -0.39 is 10.0 Å². The number of amides is 1. The summed E-state index contributed by atoms with van der Waals surface area (Å²) in [5.74, 6) is 0.221. The first-order chi connectivity index (χ1) is 15.4. The summed E-state index contributed by atoms with van der Waals surface area (Å²) in [6.45, 7) is 5.79. The van der Waals surface area contributed by atoms with Gasteiger partial charge >= 0.3 is 0 Å². The Labute approximate surface area is 194 Å². The Balaban J connectivity index is 1.50. The van der Waals surface area contributed by atoms with E-state index in [-0.39, 0.29) is 10.8 Å². The fourth-order valence-electron chi connectivity index (χ4n) is 4.07. The van der Waals surface area contributed by atoms with Gasteiger partial charge < -0.3 is 15.0 Å². The number of carbonyl (C=O) groups excluding carboxylic acids is 1. The quantitative estimate of drug-likeness (QED) is 0.707. The molecule has 0 spiro atoms. The molecular formula is C23H28ClN3O4S. The third kappa shape index (κ3) is 4.93. The molecule has 2 aromatic rings. The number of para-hydroxylation sites is 1. The summed E-state index contributed by atoms with van der Waals surface area (Å²) < 4.78 is 32.8. The van der Waals surface area contributed by atoms with Crippen LogP contribution in [0, 0.1) is 5.92 Å². The fourth-order valence-corrected chi connectivity index (χ4v) is 5.84. The molecule has 7 nitrogen and oxygen atoms in total. The molecule has 2 heterocycles. The zero-order valence-corrected chi connectivity index (χ0v) is 19.7. The van der Waals surface area contributed by atoms with Gasteiger partial charge in [-0.2, -0.15) is 4.31 Å². The molecule has 0 aliphatic carbocycles. The van der Waals surface area contributed by atoms with E-state index in [4.69, 9.17) is 16.3 Å². The van der Waals surface area contributed by atoms with Crippen LogP contribution in [0.1, 0.15) is 30.1 Å². The topological polar surface area (TPSA) is 79.0 Å². The Morgan fingerprint density at radius 1 is 1.03 bits per heavy atom. The molecule has 0 aromatic heterocycles. The van der Waals surface area contributed by atoms with E-state index >= 15 is 0 Å². The van der Waals surface area contributed by atoms with E-state index in [1.165, 1.54) is 16.4 Å². The van der Waals surface area contributed by atoms with Gasteiger partial charge in [0.25, 0.3) is 5.91 Å². The number of halogens is 1. The van der Waals surface area contributed by atoms with Crippen molar-refractivity contribution >= 4 is 38.9 Å². The van der Waals surface area contributed by atoms with Crippen LogP contribution in [0.2, 0.25) is 5.02 Å². The van der Waals surface area contributed by atoms with Gasteiger partial charge in [0.15, 0.2) is 0 Å². The zero-order valence-electron chi connectivity index (χ0n) is 18.1. The van der Waals surface area contributed by atoms with Crippen LogP contribution in [0.25, 0.3) is 0 Å². The molecule has 172 valence electrons. The lowest BCUT2D eigenvalue weighted by molar-refractivity contribution is 0.102.